The first-order valence-electron chi connectivity index (χ1n) is 4.75. The summed E-state index contributed by atoms with van der Waals surface area (Å²) in [4.78, 5) is 0. The van der Waals surface area contributed by atoms with E-state index in [0.29, 0.717) is 0 Å². The summed E-state index contributed by atoms with van der Waals surface area (Å²) in [6.07, 6.45) is -0.740. The molecular weight excluding hydrogens is 223 g/mol. The van der Waals surface area contributed by atoms with Crippen molar-refractivity contribution in [3.05, 3.63) is 29.6 Å². The number of anilines is 1. The summed E-state index contributed by atoms with van der Waals surface area (Å²) in [5, 5.41) is 12.1. The third-order valence-electron chi connectivity index (χ3n) is 2.39. The maximum Gasteiger partial charge on any atom is 0.194 e. The lowest BCUT2D eigenvalue weighted by Crippen LogP contribution is -2.31. The highest BCUT2D eigenvalue weighted by Crippen LogP contribution is 2.20. The molecule has 0 amide bonds. The van der Waals surface area contributed by atoms with Crippen molar-refractivity contribution in [1.82, 2.24) is 0 Å². The fraction of sp³-hybridized carbons (Fsp3) is 0.400. The average molecular weight is 233 g/mol. The summed E-state index contributed by atoms with van der Waals surface area (Å²) in [5.41, 5.74) is 0.0750. The molecule has 1 aliphatic heterocycles. The van der Waals surface area contributed by atoms with E-state index in [9.17, 15) is 18.3 Å². The Balaban J connectivity index is 2.15. The predicted molar refractivity (Wildman–Crippen MR) is 50.6 cm³/mol. The van der Waals surface area contributed by atoms with Crippen LogP contribution in [0.1, 0.15) is 0 Å². The molecule has 1 fully saturated rings. The average Bonchev–Trinajstić information content (AvgIpc) is 2.61. The van der Waals surface area contributed by atoms with Crippen LogP contribution in [0.25, 0.3) is 0 Å². The van der Waals surface area contributed by atoms with Gasteiger partial charge in [0.25, 0.3) is 0 Å². The molecule has 1 heterocycles. The minimum absolute atomic E-state index is 0.0750. The second kappa shape index (κ2) is 4.31. The highest BCUT2D eigenvalue weighted by molar-refractivity contribution is 5.45. The van der Waals surface area contributed by atoms with Crippen LogP contribution in [0, 0.1) is 17.5 Å². The third kappa shape index (κ3) is 2.12. The maximum absolute atomic E-state index is 12.9. The quantitative estimate of drug-likeness (QED) is 0.756. The predicted octanol–water partition coefficient (Wildman–Crippen LogP) is 1.28. The molecule has 1 aromatic carbocycles. The van der Waals surface area contributed by atoms with E-state index >= 15 is 0 Å². The van der Waals surface area contributed by atoms with Crippen LogP contribution in [0.2, 0.25) is 0 Å². The molecule has 0 aliphatic carbocycles. The molecule has 0 spiro atoms. The van der Waals surface area contributed by atoms with Gasteiger partial charge in [-0.2, -0.15) is 0 Å². The van der Waals surface area contributed by atoms with Crippen molar-refractivity contribution >= 4 is 5.69 Å². The van der Waals surface area contributed by atoms with E-state index < -0.39 is 29.6 Å². The van der Waals surface area contributed by atoms with E-state index in [1.165, 1.54) is 0 Å². The largest absolute Gasteiger partial charge is 0.388 e. The number of benzene rings is 1. The lowest BCUT2D eigenvalue weighted by Gasteiger charge is -2.16. The van der Waals surface area contributed by atoms with Gasteiger partial charge in [-0.1, -0.05) is 0 Å². The van der Waals surface area contributed by atoms with Crippen molar-refractivity contribution in [2.75, 3.05) is 18.5 Å². The fourth-order valence-corrected chi connectivity index (χ4v) is 1.53. The van der Waals surface area contributed by atoms with Crippen molar-refractivity contribution in [3.8, 4) is 0 Å². The lowest BCUT2D eigenvalue weighted by molar-refractivity contribution is 0.125. The summed E-state index contributed by atoms with van der Waals surface area (Å²) in [6, 6.07) is 1.23. The number of halogens is 3. The molecule has 3 nitrogen and oxygen atoms in total. The van der Waals surface area contributed by atoms with Crippen LogP contribution in [-0.4, -0.2) is 30.5 Å². The van der Waals surface area contributed by atoms with E-state index in [0.717, 1.165) is 12.1 Å². The van der Waals surface area contributed by atoms with Gasteiger partial charge in [-0.15, -0.1) is 0 Å². The fourth-order valence-electron chi connectivity index (χ4n) is 1.53. The molecule has 1 saturated heterocycles. The molecule has 2 unspecified atom stereocenters. The van der Waals surface area contributed by atoms with Crippen molar-refractivity contribution < 1.29 is 23.0 Å². The van der Waals surface area contributed by atoms with Gasteiger partial charge in [0, 0.05) is 17.8 Å². The number of hydrogen-bond acceptors (Lipinski definition) is 3. The van der Waals surface area contributed by atoms with E-state index in [2.05, 4.69) is 5.32 Å². The lowest BCUT2D eigenvalue weighted by atomic mass is 10.2. The smallest absolute Gasteiger partial charge is 0.194 e. The number of aliphatic hydroxyl groups is 1. The summed E-state index contributed by atoms with van der Waals surface area (Å²) < 4.78 is 43.3. The van der Waals surface area contributed by atoms with Gasteiger partial charge < -0.3 is 15.2 Å². The van der Waals surface area contributed by atoms with Gasteiger partial charge in [-0.25, -0.2) is 13.2 Å². The molecule has 1 aliphatic rings. The van der Waals surface area contributed by atoms with Crippen LogP contribution >= 0.6 is 0 Å². The Labute approximate surface area is 89.8 Å². The summed E-state index contributed by atoms with van der Waals surface area (Å²) in [5.74, 6) is -4.04. The molecule has 88 valence electrons. The molecular formula is C10H10F3NO2. The van der Waals surface area contributed by atoms with Gasteiger partial charge >= 0.3 is 0 Å². The Morgan fingerprint density at radius 3 is 2.31 bits per heavy atom. The highest BCUT2D eigenvalue weighted by Gasteiger charge is 2.26. The first kappa shape index (κ1) is 11.2. The van der Waals surface area contributed by atoms with Gasteiger partial charge in [0.1, 0.15) is 0 Å². The minimum Gasteiger partial charge on any atom is -0.388 e. The molecule has 0 bridgehead atoms. The van der Waals surface area contributed by atoms with E-state index in [-0.39, 0.29) is 18.9 Å². The second-order valence-electron chi connectivity index (χ2n) is 3.61. The molecule has 0 radical (unpaired) electrons. The van der Waals surface area contributed by atoms with Crippen LogP contribution in [-0.2, 0) is 4.74 Å². The zero-order chi connectivity index (χ0) is 11.7. The summed E-state index contributed by atoms with van der Waals surface area (Å²) in [7, 11) is 0. The number of nitrogens with one attached hydrogen (secondary N) is 1. The zero-order valence-electron chi connectivity index (χ0n) is 8.21. The van der Waals surface area contributed by atoms with Crippen LogP contribution < -0.4 is 5.32 Å². The van der Waals surface area contributed by atoms with Crippen molar-refractivity contribution in [1.29, 1.82) is 0 Å². The van der Waals surface area contributed by atoms with Gasteiger partial charge in [0.15, 0.2) is 17.5 Å². The molecule has 2 atom stereocenters. The number of hydrogen-bond donors (Lipinski definition) is 2. The number of aliphatic hydroxyl groups excluding tert-OH is 1. The van der Waals surface area contributed by atoms with Crippen LogP contribution in [0.15, 0.2) is 12.1 Å². The van der Waals surface area contributed by atoms with Crippen LogP contribution in [0.3, 0.4) is 0 Å². The van der Waals surface area contributed by atoms with Gasteiger partial charge in [0.05, 0.1) is 25.4 Å². The Bertz CT molecular complexity index is 377. The first-order valence-corrected chi connectivity index (χ1v) is 4.75. The van der Waals surface area contributed by atoms with E-state index in [1.54, 1.807) is 0 Å². The molecule has 0 saturated carbocycles. The molecule has 2 rings (SSSR count). The SMILES string of the molecule is OC1COCC1Nc1cc(F)c(F)c(F)c1. The molecule has 2 N–H and O–H groups in total. The van der Waals surface area contributed by atoms with Gasteiger partial charge in [-0.3, -0.25) is 0 Å². The molecule has 0 aromatic heterocycles. The topological polar surface area (TPSA) is 41.5 Å². The molecule has 1 aromatic rings. The molecule has 16 heavy (non-hydrogen) atoms. The number of rotatable bonds is 2. The monoisotopic (exact) mass is 233 g/mol. The molecule has 6 heteroatoms. The first-order chi connectivity index (χ1) is 7.58. The minimum atomic E-state index is -1.51. The van der Waals surface area contributed by atoms with Crippen LogP contribution in [0.5, 0.6) is 0 Å². The Morgan fingerprint density at radius 2 is 1.81 bits per heavy atom. The zero-order valence-corrected chi connectivity index (χ0v) is 8.21. The van der Waals surface area contributed by atoms with Gasteiger partial charge in [-0.05, 0) is 0 Å². The van der Waals surface area contributed by atoms with Crippen molar-refractivity contribution in [2.24, 2.45) is 0 Å². The Kier molecular flexibility index (Phi) is 3.02. The highest BCUT2D eigenvalue weighted by atomic mass is 19.2. The Morgan fingerprint density at radius 1 is 1.19 bits per heavy atom. The second-order valence-corrected chi connectivity index (χ2v) is 3.61. The third-order valence-corrected chi connectivity index (χ3v) is 2.39. The summed E-state index contributed by atoms with van der Waals surface area (Å²) in [6.45, 7) is 0.408. The van der Waals surface area contributed by atoms with E-state index in [4.69, 9.17) is 4.74 Å². The standard InChI is InChI=1S/C10H10F3NO2/c11-6-1-5(2-7(12)10(6)13)14-8-3-16-4-9(8)15/h1-2,8-9,14-15H,3-4H2. The Hall–Kier alpha value is -1.27. The van der Waals surface area contributed by atoms with Crippen molar-refractivity contribution in [3.63, 3.8) is 0 Å². The summed E-state index contributed by atoms with van der Waals surface area (Å²) >= 11 is 0. The van der Waals surface area contributed by atoms with Gasteiger partial charge in [0.2, 0.25) is 0 Å². The van der Waals surface area contributed by atoms with Crippen LogP contribution in [0.4, 0.5) is 18.9 Å². The normalized spacial score (nSPS) is 24.8. The maximum atomic E-state index is 12.9. The van der Waals surface area contributed by atoms with Crippen molar-refractivity contribution in [2.45, 2.75) is 12.1 Å². The van der Waals surface area contributed by atoms with E-state index in [1.807, 2.05) is 0 Å². The number of ether oxygens (including phenoxy) is 1.